The molecule has 0 saturated carbocycles. The van der Waals surface area contributed by atoms with Crippen LogP contribution in [0.1, 0.15) is 164 Å². The highest BCUT2D eigenvalue weighted by molar-refractivity contribution is 6.03. The molecule has 0 amide bonds. The third-order valence-corrected chi connectivity index (χ3v) is 7.08. The number of hydrogen-bond acceptors (Lipinski definition) is 4. The highest BCUT2D eigenvalue weighted by Crippen LogP contribution is 2.20. The van der Waals surface area contributed by atoms with Gasteiger partial charge >= 0.3 is 11.9 Å². The Kier molecular flexibility index (Phi) is 19.0. The normalized spacial score (nSPS) is 12.8. The zero-order chi connectivity index (χ0) is 26.4. The second-order valence-electron chi connectivity index (χ2n) is 10.2. The van der Waals surface area contributed by atoms with E-state index in [1.807, 2.05) is 0 Å². The van der Waals surface area contributed by atoms with Gasteiger partial charge < -0.3 is 9.47 Å². The molecule has 206 valence electrons. The molecule has 0 aromatic heterocycles. The number of hydrogen-bond donors (Lipinski definition) is 0. The highest BCUT2D eigenvalue weighted by Gasteiger charge is 2.23. The van der Waals surface area contributed by atoms with Crippen molar-refractivity contribution in [2.24, 2.45) is 0 Å². The summed E-state index contributed by atoms with van der Waals surface area (Å²) in [6.45, 7) is 8.57. The molecule has 0 N–H and O–H groups in total. The van der Waals surface area contributed by atoms with Crippen molar-refractivity contribution >= 4 is 11.9 Å². The Balaban J connectivity index is 2.54. The van der Waals surface area contributed by atoms with Gasteiger partial charge in [0.1, 0.15) is 12.2 Å². The Bertz CT molecular complexity index is 640. The molecule has 0 aliphatic rings. The molecule has 4 nitrogen and oxygen atoms in total. The van der Waals surface area contributed by atoms with E-state index in [2.05, 4.69) is 27.7 Å². The van der Waals surface area contributed by atoms with E-state index in [1.54, 1.807) is 24.3 Å². The van der Waals surface area contributed by atoms with Crippen molar-refractivity contribution in [3.8, 4) is 0 Å². The quantitative estimate of drug-likeness (QED) is 0.117. The van der Waals surface area contributed by atoms with Crippen molar-refractivity contribution in [1.29, 1.82) is 0 Å². The summed E-state index contributed by atoms with van der Waals surface area (Å²) in [5.74, 6) is -0.838. The maximum absolute atomic E-state index is 13.0. The van der Waals surface area contributed by atoms with E-state index in [4.69, 9.17) is 9.47 Å². The Labute approximate surface area is 221 Å². The van der Waals surface area contributed by atoms with Crippen molar-refractivity contribution in [2.75, 3.05) is 0 Å². The first-order valence-corrected chi connectivity index (χ1v) is 15.1. The number of carbonyl (C=O) groups excluding carboxylic acids is 2. The zero-order valence-corrected chi connectivity index (χ0v) is 23.8. The maximum Gasteiger partial charge on any atom is 0.339 e. The third kappa shape index (κ3) is 14.0. The van der Waals surface area contributed by atoms with Crippen LogP contribution in [0.25, 0.3) is 0 Å². The molecule has 0 fully saturated rings. The summed E-state index contributed by atoms with van der Waals surface area (Å²) in [6.07, 6.45) is 20.4. The van der Waals surface area contributed by atoms with Gasteiger partial charge in [-0.1, -0.05) is 117 Å². The van der Waals surface area contributed by atoms with Gasteiger partial charge in [0.2, 0.25) is 0 Å². The summed E-state index contributed by atoms with van der Waals surface area (Å²) < 4.78 is 11.7. The molecule has 0 bridgehead atoms. The third-order valence-electron chi connectivity index (χ3n) is 7.08. The van der Waals surface area contributed by atoms with Gasteiger partial charge in [0.05, 0.1) is 11.1 Å². The molecule has 1 aromatic rings. The van der Waals surface area contributed by atoms with Crippen molar-refractivity contribution in [3.63, 3.8) is 0 Å². The number of rotatable bonds is 22. The van der Waals surface area contributed by atoms with E-state index < -0.39 is 11.9 Å². The first kappa shape index (κ1) is 32.2. The molecular weight excluding hydrogens is 448 g/mol. The minimum absolute atomic E-state index is 0.113. The Morgan fingerprint density at radius 1 is 0.556 bits per heavy atom. The molecule has 0 aliphatic carbocycles. The monoisotopic (exact) mass is 502 g/mol. The molecule has 0 aliphatic heterocycles. The summed E-state index contributed by atoms with van der Waals surface area (Å²) in [5, 5.41) is 0. The van der Waals surface area contributed by atoms with E-state index in [0.29, 0.717) is 11.1 Å². The second-order valence-corrected chi connectivity index (χ2v) is 10.2. The summed E-state index contributed by atoms with van der Waals surface area (Å²) in [6, 6.07) is 6.91. The lowest BCUT2D eigenvalue weighted by Crippen LogP contribution is -2.22. The van der Waals surface area contributed by atoms with Crippen LogP contribution < -0.4 is 0 Å². The van der Waals surface area contributed by atoms with Gasteiger partial charge in [0, 0.05) is 0 Å². The van der Waals surface area contributed by atoms with Crippen LogP contribution in [0.4, 0.5) is 0 Å². The topological polar surface area (TPSA) is 52.6 Å². The van der Waals surface area contributed by atoms with Crippen LogP contribution in [0, 0.1) is 0 Å². The lowest BCUT2D eigenvalue weighted by molar-refractivity contribution is 0.0219. The molecule has 1 rings (SSSR count). The average Bonchev–Trinajstić information content (AvgIpc) is 2.90. The fourth-order valence-corrected chi connectivity index (χ4v) is 4.62. The molecule has 0 saturated heterocycles. The SMILES string of the molecule is CCCCCCCCCC(CC)OC(=O)c1ccccc1C(=O)OC(CC)CCCCCCCCC. The van der Waals surface area contributed by atoms with Gasteiger partial charge in [0.15, 0.2) is 0 Å². The van der Waals surface area contributed by atoms with E-state index in [-0.39, 0.29) is 12.2 Å². The summed E-state index contributed by atoms with van der Waals surface area (Å²) in [7, 11) is 0. The van der Waals surface area contributed by atoms with Crippen LogP contribution in [-0.4, -0.2) is 24.1 Å². The van der Waals surface area contributed by atoms with E-state index in [9.17, 15) is 9.59 Å². The van der Waals surface area contributed by atoms with Gasteiger partial charge in [-0.3, -0.25) is 0 Å². The van der Waals surface area contributed by atoms with Crippen molar-refractivity contribution < 1.29 is 19.1 Å². The number of esters is 2. The van der Waals surface area contributed by atoms with Crippen molar-refractivity contribution in [3.05, 3.63) is 35.4 Å². The van der Waals surface area contributed by atoms with Crippen LogP contribution >= 0.6 is 0 Å². The number of carbonyl (C=O) groups is 2. The minimum atomic E-state index is -0.419. The summed E-state index contributed by atoms with van der Waals surface area (Å²) in [4.78, 5) is 26.0. The molecule has 0 spiro atoms. The highest BCUT2D eigenvalue weighted by atomic mass is 16.5. The maximum atomic E-state index is 13.0. The van der Waals surface area contributed by atoms with Crippen molar-refractivity contribution in [2.45, 2.75) is 155 Å². The molecule has 0 radical (unpaired) electrons. The number of benzene rings is 1. The Hall–Kier alpha value is -1.84. The number of unbranched alkanes of at least 4 members (excludes halogenated alkanes) is 12. The standard InChI is InChI=1S/C32H54O4/c1-5-9-11-13-15-17-19-23-27(7-3)35-31(33)29-25-21-22-26-30(29)32(34)36-28(8-4)24-20-18-16-14-12-10-6-2/h21-22,25-28H,5-20,23-24H2,1-4H3. The smallest absolute Gasteiger partial charge is 0.339 e. The first-order valence-electron chi connectivity index (χ1n) is 15.1. The predicted octanol–water partition coefficient (Wildman–Crippen LogP) is 9.84. The Morgan fingerprint density at radius 3 is 1.22 bits per heavy atom. The Morgan fingerprint density at radius 2 is 0.889 bits per heavy atom. The van der Waals surface area contributed by atoms with E-state index >= 15 is 0 Å². The summed E-state index contributed by atoms with van der Waals surface area (Å²) in [5.41, 5.74) is 0.623. The molecule has 1 aromatic carbocycles. The lowest BCUT2D eigenvalue weighted by atomic mass is 10.0. The molecule has 36 heavy (non-hydrogen) atoms. The van der Waals surface area contributed by atoms with Gasteiger partial charge in [-0.15, -0.1) is 0 Å². The fraction of sp³-hybridized carbons (Fsp3) is 0.750. The van der Waals surface area contributed by atoms with Crippen molar-refractivity contribution in [1.82, 2.24) is 0 Å². The molecular formula is C32H54O4. The number of ether oxygens (including phenoxy) is 2. The largest absolute Gasteiger partial charge is 0.459 e. The summed E-state index contributed by atoms with van der Waals surface area (Å²) >= 11 is 0. The van der Waals surface area contributed by atoms with Gasteiger partial charge in [-0.2, -0.15) is 0 Å². The molecule has 2 atom stereocenters. The lowest BCUT2D eigenvalue weighted by Gasteiger charge is -2.19. The molecule has 2 unspecified atom stereocenters. The zero-order valence-electron chi connectivity index (χ0n) is 23.8. The van der Waals surface area contributed by atoms with Crippen LogP contribution in [-0.2, 0) is 9.47 Å². The molecule has 4 heteroatoms. The van der Waals surface area contributed by atoms with Crippen LogP contribution in [0.5, 0.6) is 0 Å². The first-order chi connectivity index (χ1) is 17.6. The minimum Gasteiger partial charge on any atom is -0.459 e. The van der Waals surface area contributed by atoms with Gasteiger partial charge in [-0.05, 0) is 50.7 Å². The van der Waals surface area contributed by atoms with E-state index in [0.717, 1.165) is 38.5 Å². The van der Waals surface area contributed by atoms with Crippen LogP contribution in [0.15, 0.2) is 24.3 Å². The average molecular weight is 503 g/mol. The predicted molar refractivity (Wildman–Crippen MR) is 151 cm³/mol. The van der Waals surface area contributed by atoms with Gasteiger partial charge in [0.25, 0.3) is 0 Å². The van der Waals surface area contributed by atoms with E-state index in [1.165, 1.54) is 77.0 Å². The molecule has 0 heterocycles. The fourth-order valence-electron chi connectivity index (χ4n) is 4.62. The van der Waals surface area contributed by atoms with Gasteiger partial charge in [-0.25, -0.2) is 9.59 Å². The van der Waals surface area contributed by atoms with Crippen LogP contribution in [0.2, 0.25) is 0 Å². The van der Waals surface area contributed by atoms with Crippen LogP contribution in [0.3, 0.4) is 0 Å². The second kappa shape index (κ2) is 21.3.